The van der Waals surface area contributed by atoms with Crippen molar-refractivity contribution in [1.29, 1.82) is 0 Å². The van der Waals surface area contributed by atoms with E-state index in [1.807, 2.05) is 0 Å². The Kier molecular flexibility index (Phi) is 4.83. The Balaban J connectivity index is 2.92. The highest BCUT2D eigenvalue weighted by atomic mass is 14.6. The first kappa shape index (κ1) is 12.3. The van der Waals surface area contributed by atoms with Crippen molar-refractivity contribution >= 4 is 0 Å². The molecule has 84 valence electrons. The van der Waals surface area contributed by atoms with E-state index < -0.39 is 0 Å². The summed E-state index contributed by atoms with van der Waals surface area (Å²) in [6.07, 6.45) is 1.16. The standard InChI is InChI=1S/C14H23N/c1-4-12(10-15)14(11(2)3)13-8-6-5-7-9-13/h5-9,11-12,14H,4,10,15H2,1-3H3. The summed E-state index contributed by atoms with van der Waals surface area (Å²) in [6, 6.07) is 10.8. The van der Waals surface area contributed by atoms with E-state index in [4.69, 9.17) is 5.73 Å². The maximum absolute atomic E-state index is 5.86. The Morgan fingerprint density at radius 3 is 2.13 bits per heavy atom. The van der Waals surface area contributed by atoms with Crippen molar-refractivity contribution in [1.82, 2.24) is 0 Å². The van der Waals surface area contributed by atoms with Crippen LogP contribution in [0, 0.1) is 11.8 Å². The monoisotopic (exact) mass is 205 g/mol. The van der Waals surface area contributed by atoms with Gasteiger partial charge in [0, 0.05) is 0 Å². The fraction of sp³-hybridized carbons (Fsp3) is 0.571. The molecule has 0 saturated carbocycles. The zero-order valence-electron chi connectivity index (χ0n) is 10.1. The first-order valence-corrected chi connectivity index (χ1v) is 5.95. The molecule has 1 rings (SSSR count). The molecule has 1 aromatic rings. The molecule has 0 aliphatic rings. The molecule has 0 saturated heterocycles. The van der Waals surface area contributed by atoms with Gasteiger partial charge in [-0.05, 0) is 29.9 Å². The van der Waals surface area contributed by atoms with Crippen LogP contribution in [0.5, 0.6) is 0 Å². The first-order chi connectivity index (χ1) is 7.20. The molecule has 0 radical (unpaired) electrons. The Labute approximate surface area is 93.7 Å². The molecule has 15 heavy (non-hydrogen) atoms. The molecule has 1 heteroatoms. The summed E-state index contributed by atoms with van der Waals surface area (Å²) in [4.78, 5) is 0. The molecule has 2 atom stereocenters. The highest BCUT2D eigenvalue weighted by molar-refractivity contribution is 5.21. The van der Waals surface area contributed by atoms with E-state index in [9.17, 15) is 0 Å². The van der Waals surface area contributed by atoms with Gasteiger partial charge in [0.25, 0.3) is 0 Å². The smallest absolute Gasteiger partial charge is 0.00430 e. The predicted octanol–water partition coefficient (Wildman–Crippen LogP) is 3.41. The van der Waals surface area contributed by atoms with Crippen LogP contribution < -0.4 is 5.73 Å². The van der Waals surface area contributed by atoms with Crippen LogP contribution in [0.4, 0.5) is 0 Å². The van der Waals surface area contributed by atoms with E-state index in [0.29, 0.717) is 17.8 Å². The predicted molar refractivity (Wildman–Crippen MR) is 66.9 cm³/mol. The van der Waals surface area contributed by atoms with Gasteiger partial charge in [0.2, 0.25) is 0 Å². The lowest BCUT2D eigenvalue weighted by atomic mass is 9.77. The quantitative estimate of drug-likeness (QED) is 0.783. The molecule has 1 aromatic carbocycles. The van der Waals surface area contributed by atoms with Crippen LogP contribution in [0.15, 0.2) is 30.3 Å². The van der Waals surface area contributed by atoms with Crippen molar-refractivity contribution in [3.63, 3.8) is 0 Å². The van der Waals surface area contributed by atoms with Gasteiger partial charge >= 0.3 is 0 Å². The zero-order valence-corrected chi connectivity index (χ0v) is 10.1. The van der Waals surface area contributed by atoms with Crippen LogP contribution in [0.1, 0.15) is 38.7 Å². The van der Waals surface area contributed by atoms with Crippen molar-refractivity contribution in [3.8, 4) is 0 Å². The van der Waals surface area contributed by atoms with E-state index in [1.54, 1.807) is 0 Å². The van der Waals surface area contributed by atoms with Crippen LogP contribution in [-0.2, 0) is 0 Å². The highest BCUT2D eigenvalue weighted by Gasteiger charge is 2.23. The summed E-state index contributed by atoms with van der Waals surface area (Å²) in [7, 11) is 0. The van der Waals surface area contributed by atoms with Crippen LogP contribution in [0.3, 0.4) is 0 Å². The third-order valence-corrected chi connectivity index (χ3v) is 3.24. The van der Waals surface area contributed by atoms with E-state index in [2.05, 4.69) is 51.1 Å². The largest absolute Gasteiger partial charge is 0.330 e. The molecule has 2 N–H and O–H groups in total. The lowest BCUT2D eigenvalue weighted by Gasteiger charge is -2.29. The van der Waals surface area contributed by atoms with Gasteiger partial charge in [0.05, 0.1) is 0 Å². The molecule has 0 aliphatic heterocycles. The maximum atomic E-state index is 5.86. The summed E-state index contributed by atoms with van der Waals surface area (Å²) in [6.45, 7) is 7.59. The van der Waals surface area contributed by atoms with E-state index in [0.717, 1.165) is 13.0 Å². The summed E-state index contributed by atoms with van der Waals surface area (Å²) in [5.74, 6) is 1.86. The summed E-state index contributed by atoms with van der Waals surface area (Å²) in [5.41, 5.74) is 7.29. The molecule has 0 aliphatic carbocycles. The molecular formula is C14H23N. The topological polar surface area (TPSA) is 26.0 Å². The lowest BCUT2D eigenvalue weighted by Crippen LogP contribution is -2.25. The van der Waals surface area contributed by atoms with Gasteiger partial charge in [-0.15, -0.1) is 0 Å². The van der Waals surface area contributed by atoms with Crippen molar-refractivity contribution in [3.05, 3.63) is 35.9 Å². The van der Waals surface area contributed by atoms with Crippen LogP contribution in [0.2, 0.25) is 0 Å². The van der Waals surface area contributed by atoms with E-state index in [1.165, 1.54) is 5.56 Å². The van der Waals surface area contributed by atoms with Crippen LogP contribution in [0.25, 0.3) is 0 Å². The molecule has 2 unspecified atom stereocenters. The van der Waals surface area contributed by atoms with Gasteiger partial charge in [0.1, 0.15) is 0 Å². The van der Waals surface area contributed by atoms with Gasteiger partial charge in [-0.2, -0.15) is 0 Å². The number of rotatable bonds is 5. The molecule has 0 fully saturated rings. The van der Waals surface area contributed by atoms with Crippen LogP contribution in [-0.4, -0.2) is 6.54 Å². The summed E-state index contributed by atoms with van der Waals surface area (Å²) < 4.78 is 0. The fourth-order valence-corrected chi connectivity index (χ4v) is 2.44. The van der Waals surface area contributed by atoms with Crippen LogP contribution >= 0.6 is 0 Å². The minimum atomic E-state index is 0.598. The average molecular weight is 205 g/mol. The summed E-state index contributed by atoms with van der Waals surface area (Å²) >= 11 is 0. The molecule has 0 heterocycles. The third kappa shape index (κ3) is 3.07. The summed E-state index contributed by atoms with van der Waals surface area (Å²) in [5, 5.41) is 0. The normalized spacial score (nSPS) is 15.3. The molecule has 0 bridgehead atoms. The number of hydrogen-bond donors (Lipinski definition) is 1. The zero-order chi connectivity index (χ0) is 11.3. The van der Waals surface area contributed by atoms with E-state index >= 15 is 0 Å². The van der Waals surface area contributed by atoms with Crippen molar-refractivity contribution < 1.29 is 0 Å². The second-order valence-corrected chi connectivity index (χ2v) is 4.58. The van der Waals surface area contributed by atoms with Crippen molar-refractivity contribution in [2.45, 2.75) is 33.1 Å². The Bertz CT molecular complexity index is 262. The van der Waals surface area contributed by atoms with Gasteiger partial charge in [0.15, 0.2) is 0 Å². The minimum absolute atomic E-state index is 0.598. The third-order valence-electron chi connectivity index (χ3n) is 3.24. The van der Waals surface area contributed by atoms with Crippen molar-refractivity contribution in [2.75, 3.05) is 6.54 Å². The second kappa shape index (κ2) is 5.92. The van der Waals surface area contributed by atoms with Gasteiger partial charge in [-0.1, -0.05) is 57.5 Å². The fourth-order valence-electron chi connectivity index (χ4n) is 2.44. The SMILES string of the molecule is CCC(CN)C(c1ccccc1)C(C)C. The number of nitrogens with two attached hydrogens (primary N) is 1. The molecule has 0 spiro atoms. The Morgan fingerprint density at radius 2 is 1.73 bits per heavy atom. The first-order valence-electron chi connectivity index (χ1n) is 5.95. The number of hydrogen-bond acceptors (Lipinski definition) is 1. The maximum Gasteiger partial charge on any atom is -0.00430 e. The van der Waals surface area contributed by atoms with Gasteiger partial charge in [-0.3, -0.25) is 0 Å². The molecular weight excluding hydrogens is 182 g/mol. The Hall–Kier alpha value is -0.820. The van der Waals surface area contributed by atoms with Gasteiger partial charge < -0.3 is 5.73 Å². The van der Waals surface area contributed by atoms with Crippen molar-refractivity contribution in [2.24, 2.45) is 17.6 Å². The molecule has 0 aromatic heterocycles. The Morgan fingerprint density at radius 1 is 1.13 bits per heavy atom. The number of benzene rings is 1. The molecule has 0 amide bonds. The second-order valence-electron chi connectivity index (χ2n) is 4.58. The highest BCUT2D eigenvalue weighted by Crippen LogP contribution is 2.33. The molecule has 1 nitrogen and oxygen atoms in total. The minimum Gasteiger partial charge on any atom is -0.330 e. The van der Waals surface area contributed by atoms with E-state index in [-0.39, 0.29) is 0 Å². The average Bonchev–Trinajstić information content (AvgIpc) is 2.26. The lowest BCUT2D eigenvalue weighted by molar-refractivity contribution is 0.339. The van der Waals surface area contributed by atoms with Gasteiger partial charge in [-0.25, -0.2) is 0 Å².